The summed E-state index contributed by atoms with van der Waals surface area (Å²) < 4.78 is 18.1. The minimum atomic E-state index is -0.436. The van der Waals surface area contributed by atoms with E-state index in [4.69, 9.17) is 16.3 Å². The molecule has 0 unspecified atom stereocenters. The van der Waals surface area contributed by atoms with E-state index in [0.29, 0.717) is 6.61 Å². The summed E-state index contributed by atoms with van der Waals surface area (Å²) in [6, 6.07) is 4.67. The van der Waals surface area contributed by atoms with E-state index in [0.717, 1.165) is 12.0 Å². The third kappa shape index (κ3) is 2.19. The van der Waals surface area contributed by atoms with Gasteiger partial charge in [-0.25, -0.2) is 4.39 Å². The van der Waals surface area contributed by atoms with Crippen molar-refractivity contribution in [1.29, 1.82) is 0 Å². The molecule has 0 bridgehead atoms. The monoisotopic (exact) mass is 242 g/mol. The third-order valence-electron chi connectivity index (χ3n) is 2.75. The molecule has 0 N–H and O–H groups in total. The Balaban J connectivity index is 2.06. The normalized spacial score (nSPS) is 22.9. The largest absolute Gasteiger partial charge is 0.466 e. The average molecular weight is 243 g/mol. The minimum absolute atomic E-state index is 0.0887. The van der Waals surface area contributed by atoms with E-state index in [-0.39, 0.29) is 22.8 Å². The highest BCUT2D eigenvalue weighted by atomic mass is 35.5. The molecule has 16 heavy (non-hydrogen) atoms. The first kappa shape index (κ1) is 11.4. The fourth-order valence-electron chi connectivity index (χ4n) is 1.82. The first-order valence-corrected chi connectivity index (χ1v) is 5.63. The number of halogens is 2. The predicted molar refractivity (Wildman–Crippen MR) is 58.9 cm³/mol. The second-order valence-corrected chi connectivity index (χ2v) is 4.28. The molecule has 1 aromatic rings. The lowest BCUT2D eigenvalue weighted by molar-refractivity contribution is -0.144. The van der Waals surface area contributed by atoms with Crippen molar-refractivity contribution >= 4 is 17.6 Å². The Morgan fingerprint density at radius 1 is 1.62 bits per heavy atom. The van der Waals surface area contributed by atoms with Crippen molar-refractivity contribution in [2.75, 3.05) is 6.61 Å². The molecule has 0 saturated heterocycles. The molecule has 1 aromatic carbocycles. The van der Waals surface area contributed by atoms with E-state index in [1.165, 1.54) is 12.1 Å². The number of hydrogen-bond donors (Lipinski definition) is 0. The summed E-state index contributed by atoms with van der Waals surface area (Å²) in [5, 5.41) is 0.108. The Bertz CT molecular complexity index is 419. The molecule has 1 aliphatic carbocycles. The second kappa shape index (κ2) is 4.42. The van der Waals surface area contributed by atoms with Gasteiger partial charge in [0, 0.05) is 0 Å². The molecular formula is C12H12ClFO2. The van der Waals surface area contributed by atoms with Gasteiger partial charge in [0.1, 0.15) is 5.82 Å². The fourth-order valence-corrected chi connectivity index (χ4v) is 1.93. The van der Waals surface area contributed by atoms with E-state index < -0.39 is 5.82 Å². The fraction of sp³-hybridized carbons (Fsp3) is 0.417. The van der Waals surface area contributed by atoms with E-state index >= 15 is 0 Å². The molecule has 2 rings (SSSR count). The van der Waals surface area contributed by atoms with Gasteiger partial charge in [-0.3, -0.25) is 4.79 Å². The Hall–Kier alpha value is -1.09. The summed E-state index contributed by atoms with van der Waals surface area (Å²) in [7, 11) is 0. The number of esters is 1. The highest BCUT2D eigenvalue weighted by Gasteiger charge is 2.45. The number of carbonyl (C=O) groups is 1. The van der Waals surface area contributed by atoms with Gasteiger partial charge in [-0.2, -0.15) is 0 Å². The second-order valence-electron chi connectivity index (χ2n) is 3.87. The van der Waals surface area contributed by atoms with Crippen molar-refractivity contribution in [2.45, 2.75) is 19.3 Å². The maximum atomic E-state index is 13.2. The number of rotatable bonds is 3. The Labute approximate surface area is 98.4 Å². The highest BCUT2D eigenvalue weighted by Crippen LogP contribution is 2.48. The van der Waals surface area contributed by atoms with Gasteiger partial charge >= 0.3 is 5.97 Å². The molecular weight excluding hydrogens is 231 g/mol. The lowest BCUT2D eigenvalue weighted by Gasteiger charge is -2.02. The maximum Gasteiger partial charge on any atom is 0.309 e. The van der Waals surface area contributed by atoms with E-state index in [1.54, 1.807) is 13.0 Å². The van der Waals surface area contributed by atoms with E-state index in [9.17, 15) is 9.18 Å². The van der Waals surface area contributed by atoms with Crippen LogP contribution in [0.1, 0.15) is 24.8 Å². The van der Waals surface area contributed by atoms with E-state index in [1.807, 2.05) is 0 Å². The van der Waals surface area contributed by atoms with Crippen molar-refractivity contribution in [2.24, 2.45) is 5.92 Å². The van der Waals surface area contributed by atoms with Crippen molar-refractivity contribution < 1.29 is 13.9 Å². The van der Waals surface area contributed by atoms with Gasteiger partial charge in [-0.15, -0.1) is 0 Å². The molecule has 2 nitrogen and oxygen atoms in total. The summed E-state index contributed by atoms with van der Waals surface area (Å²) in [5.41, 5.74) is 0.819. The maximum absolute atomic E-state index is 13.2. The van der Waals surface area contributed by atoms with Crippen molar-refractivity contribution in [1.82, 2.24) is 0 Å². The lowest BCUT2D eigenvalue weighted by atomic mass is 10.1. The summed E-state index contributed by atoms with van der Waals surface area (Å²) in [4.78, 5) is 11.4. The van der Waals surface area contributed by atoms with Crippen molar-refractivity contribution in [3.05, 3.63) is 34.6 Å². The van der Waals surface area contributed by atoms with Crippen LogP contribution in [0.3, 0.4) is 0 Å². The number of ether oxygens (including phenoxy) is 1. The van der Waals surface area contributed by atoms with Crippen LogP contribution in [0.25, 0.3) is 0 Å². The molecule has 0 aromatic heterocycles. The Morgan fingerprint density at radius 2 is 2.38 bits per heavy atom. The van der Waals surface area contributed by atoms with Gasteiger partial charge < -0.3 is 4.74 Å². The number of hydrogen-bond acceptors (Lipinski definition) is 2. The first-order valence-electron chi connectivity index (χ1n) is 5.25. The number of carbonyl (C=O) groups excluding carboxylic acids is 1. The van der Waals surface area contributed by atoms with Gasteiger partial charge in [-0.1, -0.05) is 17.7 Å². The van der Waals surface area contributed by atoms with Crippen LogP contribution in [-0.4, -0.2) is 12.6 Å². The molecule has 0 amide bonds. The van der Waals surface area contributed by atoms with Crippen LogP contribution in [0.4, 0.5) is 4.39 Å². The van der Waals surface area contributed by atoms with Gasteiger partial charge in [-0.05, 0) is 37.0 Å². The van der Waals surface area contributed by atoms with Crippen LogP contribution in [0.15, 0.2) is 18.2 Å². The molecule has 0 aliphatic heterocycles. The van der Waals surface area contributed by atoms with Gasteiger partial charge in [0.05, 0.1) is 17.5 Å². The molecule has 86 valence electrons. The van der Waals surface area contributed by atoms with Crippen LogP contribution >= 0.6 is 11.6 Å². The predicted octanol–water partition coefficient (Wildman–Crippen LogP) is 3.15. The number of benzene rings is 1. The summed E-state index contributed by atoms with van der Waals surface area (Å²) in [5.74, 6) is -0.650. The van der Waals surface area contributed by atoms with Gasteiger partial charge in [0.15, 0.2) is 0 Å². The SMILES string of the molecule is CCOC(=O)[C@H]1C[C@@H]1c1ccc(Cl)c(F)c1. The Kier molecular flexibility index (Phi) is 3.15. The van der Waals surface area contributed by atoms with Crippen LogP contribution in [0.2, 0.25) is 5.02 Å². The zero-order valence-corrected chi connectivity index (χ0v) is 9.63. The Morgan fingerprint density at radius 3 is 3.00 bits per heavy atom. The standard InChI is InChI=1S/C12H12ClFO2/c1-2-16-12(15)9-6-8(9)7-3-4-10(13)11(14)5-7/h3-5,8-9H,2,6H2,1H3/t8-,9+/m1/s1. The molecule has 4 heteroatoms. The highest BCUT2D eigenvalue weighted by molar-refractivity contribution is 6.30. The minimum Gasteiger partial charge on any atom is -0.466 e. The van der Waals surface area contributed by atoms with Crippen LogP contribution < -0.4 is 0 Å². The molecule has 1 saturated carbocycles. The van der Waals surface area contributed by atoms with Crippen LogP contribution in [0.5, 0.6) is 0 Å². The van der Waals surface area contributed by atoms with Crippen LogP contribution in [0, 0.1) is 11.7 Å². The van der Waals surface area contributed by atoms with Crippen molar-refractivity contribution in [3.63, 3.8) is 0 Å². The summed E-state index contributed by atoms with van der Waals surface area (Å²) >= 11 is 5.59. The molecule has 0 radical (unpaired) electrons. The third-order valence-corrected chi connectivity index (χ3v) is 3.06. The molecule has 0 heterocycles. The van der Waals surface area contributed by atoms with Crippen LogP contribution in [-0.2, 0) is 9.53 Å². The quantitative estimate of drug-likeness (QED) is 0.761. The summed E-state index contributed by atoms with van der Waals surface area (Å²) in [6.07, 6.45) is 0.736. The summed E-state index contributed by atoms with van der Waals surface area (Å²) in [6.45, 7) is 2.16. The van der Waals surface area contributed by atoms with Gasteiger partial charge in [0.25, 0.3) is 0 Å². The lowest BCUT2D eigenvalue weighted by Crippen LogP contribution is -2.07. The van der Waals surface area contributed by atoms with Gasteiger partial charge in [0.2, 0.25) is 0 Å². The average Bonchev–Trinajstić information content (AvgIpc) is 3.02. The molecule has 1 aliphatic rings. The smallest absolute Gasteiger partial charge is 0.309 e. The molecule has 1 fully saturated rings. The zero-order valence-electron chi connectivity index (χ0n) is 8.87. The molecule has 0 spiro atoms. The molecule has 2 atom stereocenters. The van der Waals surface area contributed by atoms with E-state index in [2.05, 4.69) is 0 Å². The zero-order chi connectivity index (χ0) is 11.7. The topological polar surface area (TPSA) is 26.3 Å². The van der Waals surface area contributed by atoms with Crippen molar-refractivity contribution in [3.8, 4) is 0 Å². The first-order chi connectivity index (χ1) is 7.63.